The van der Waals surface area contributed by atoms with Crippen molar-refractivity contribution in [3.8, 4) is 0 Å². The number of benzene rings is 1. The zero-order valence-electron chi connectivity index (χ0n) is 12.2. The summed E-state index contributed by atoms with van der Waals surface area (Å²) >= 11 is 0. The van der Waals surface area contributed by atoms with E-state index in [0.29, 0.717) is 11.3 Å². The van der Waals surface area contributed by atoms with Gasteiger partial charge in [0, 0.05) is 17.8 Å². The molecule has 0 bridgehead atoms. The highest BCUT2D eigenvalue weighted by atomic mass is 19.4. The first-order valence-electron chi connectivity index (χ1n) is 7.07. The zero-order valence-corrected chi connectivity index (χ0v) is 12.2. The van der Waals surface area contributed by atoms with E-state index in [-0.39, 0.29) is 17.8 Å². The molecule has 3 rings (SSSR count). The molecule has 0 saturated heterocycles. The fourth-order valence-corrected chi connectivity index (χ4v) is 1.95. The van der Waals surface area contributed by atoms with Crippen LogP contribution in [-0.4, -0.2) is 16.0 Å². The minimum Gasteiger partial charge on any atom is -0.351 e. The topological polar surface area (TPSA) is 49.8 Å². The van der Waals surface area contributed by atoms with E-state index in [9.17, 15) is 17.6 Å². The molecular weight excluding hydrogens is 312 g/mol. The van der Waals surface area contributed by atoms with Gasteiger partial charge in [-0.15, -0.1) is 0 Å². The molecule has 2 N–H and O–H groups in total. The van der Waals surface area contributed by atoms with Gasteiger partial charge in [-0.2, -0.15) is 18.2 Å². The average Bonchev–Trinajstić information content (AvgIpc) is 3.26. The van der Waals surface area contributed by atoms with Crippen molar-refractivity contribution in [3.63, 3.8) is 0 Å². The van der Waals surface area contributed by atoms with Crippen LogP contribution in [0.5, 0.6) is 0 Å². The molecule has 0 unspecified atom stereocenters. The van der Waals surface area contributed by atoms with Gasteiger partial charge in [-0.25, -0.2) is 9.37 Å². The van der Waals surface area contributed by atoms with Crippen LogP contribution in [0.1, 0.15) is 24.1 Å². The molecule has 1 fully saturated rings. The van der Waals surface area contributed by atoms with Crippen LogP contribution in [0.2, 0.25) is 0 Å². The molecule has 0 spiro atoms. The molecule has 0 atom stereocenters. The third-order valence-corrected chi connectivity index (χ3v) is 3.37. The highest BCUT2D eigenvalue weighted by Crippen LogP contribution is 2.32. The van der Waals surface area contributed by atoms with Crippen LogP contribution in [-0.2, 0) is 6.18 Å². The van der Waals surface area contributed by atoms with Crippen molar-refractivity contribution in [1.29, 1.82) is 0 Å². The number of aryl methyl sites for hydroxylation is 1. The summed E-state index contributed by atoms with van der Waals surface area (Å²) in [7, 11) is 0. The SMILES string of the molecule is Cc1ccc(Nc2cc(C(F)(F)F)nc(NC3CC3)n2)cc1F. The summed E-state index contributed by atoms with van der Waals surface area (Å²) in [5, 5.41) is 5.53. The maximum absolute atomic E-state index is 13.5. The number of halogens is 4. The molecular formula is C15H14F4N4. The van der Waals surface area contributed by atoms with Crippen LogP contribution < -0.4 is 10.6 Å². The van der Waals surface area contributed by atoms with Crippen LogP contribution in [0.15, 0.2) is 24.3 Å². The second-order valence-corrected chi connectivity index (χ2v) is 5.47. The number of rotatable bonds is 4. The lowest BCUT2D eigenvalue weighted by Crippen LogP contribution is -2.14. The van der Waals surface area contributed by atoms with Crippen molar-refractivity contribution in [2.45, 2.75) is 32.0 Å². The van der Waals surface area contributed by atoms with Gasteiger partial charge >= 0.3 is 6.18 Å². The summed E-state index contributed by atoms with van der Waals surface area (Å²) < 4.78 is 52.4. The van der Waals surface area contributed by atoms with Gasteiger partial charge < -0.3 is 10.6 Å². The Morgan fingerprint density at radius 2 is 1.87 bits per heavy atom. The summed E-state index contributed by atoms with van der Waals surface area (Å²) in [5.41, 5.74) is -0.284. The standard InChI is InChI=1S/C15H14F4N4/c1-8-2-3-10(6-11(8)16)20-13-7-12(15(17,18)19)22-14(23-13)21-9-4-5-9/h2-3,6-7,9H,4-5H2,1H3,(H2,20,21,22,23). The Morgan fingerprint density at radius 3 is 2.48 bits per heavy atom. The fourth-order valence-electron chi connectivity index (χ4n) is 1.95. The number of hydrogen-bond acceptors (Lipinski definition) is 4. The molecule has 2 aromatic rings. The van der Waals surface area contributed by atoms with E-state index in [1.54, 1.807) is 13.0 Å². The number of alkyl halides is 3. The Balaban J connectivity index is 1.91. The van der Waals surface area contributed by atoms with Gasteiger partial charge in [-0.05, 0) is 37.5 Å². The molecule has 1 aliphatic rings. The average molecular weight is 326 g/mol. The predicted molar refractivity (Wildman–Crippen MR) is 78.1 cm³/mol. The van der Waals surface area contributed by atoms with E-state index in [1.165, 1.54) is 12.1 Å². The maximum Gasteiger partial charge on any atom is 0.433 e. The van der Waals surface area contributed by atoms with Crippen molar-refractivity contribution >= 4 is 17.5 Å². The lowest BCUT2D eigenvalue weighted by atomic mass is 10.2. The number of nitrogens with one attached hydrogen (secondary N) is 2. The van der Waals surface area contributed by atoms with Crippen LogP contribution >= 0.6 is 0 Å². The van der Waals surface area contributed by atoms with Crippen molar-refractivity contribution in [3.05, 3.63) is 41.3 Å². The molecule has 0 amide bonds. The lowest BCUT2D eigenvalue weighted by Gasteiger charge is -2.13. The molecule has 1 aromatic carbocycles. The third-order valence-electron chi connectivity index (χ3n) is 3.37. The number of anilines is 3. The fraction of sp³-hybridized carbons (Fsp3) is 0.333. The first kappa shape index (κ1) is 15.5. The van der Waals surface area contributed by atoms with Crippen molar-refractivity contribution < 1.29 is 17.6 Å². The van der Waals surface area contributed by atoms with Gasteiger partial charge in [-0.1, -0.05) is 6.07 Å². The molecule has 4 nitrogen and oxygen atoms in total. The Labute approximate surface area is 130 Å². The Morgan fingerprint density at radius 1 is 1.13 bits per heavy atom. The van der Waals surface area contributed by atoms with E-state index in [0.717, 1.165) is 18.9 Å². The smallest absolute Gasteiger partial charge is 0.351 e. The van der Waals surface area contributed by atoms with Gasteiger partial charge in [0.05, 0.1) is 0 Å². The number of aromatic nitrogens is 2. The van der Waals surface area contributed by atoms with Crippen molar-refractivity contribution in [2.24, 2.45) is 0 Å². The molecule has 122 valence electrons. The van der Waals surface area contributed by atoms with Crippen molar-refractivity contribution in [2.75, 3.05) is 10.6 Å². The van der Waals surface area contributed by atoms with Crippen LogP contribution in [0.3, 0.4) is 0 Å². The normalized spacial score (nSPS) is 14.7. The highest BCUT2D eigenvalue weighted by molar-refractivity contribution is 5.58. The molecule has 8 heteroatoms. The molecule has 1 aromatic heterocycles. The second-order valence-electron chi connectivity index (χ2n) is 5.47. The summed E-state index contributed by atoms with van der Waals surface area (Å²) in [6, 6.07) is 5.23. The van der Waals surface area contributed by atoms with Crippen LogP contribution in [0.25, 0.3) is 0 Å². The first-order chi connectivity index (χ1) is 10.8. The summed E-state index contributed by atoms with van der Waals surface area (Å²) in [6.45, 7) is 1.60. The Bertz CT molecular complexity index is 726. The maximum atomic E-state index is 13.5. The number of hydrogen-bond donors (Lipinski definition) is 2. The zero-order chi connectivity index (χ0) is 16.6. The lowest BCUT2D eigenvalue weighted by molar-refractivity contribution is -0.141. The van der Waals surface area contributed by atoms with Crippen LogP contribution in [0, 0.1) is 12.7 Å². The minimum atomic E-state index is -4.59. The molecule has 0 aliphatic heterocycles. The summed E-state index contributed by atoms with van der Waals surface area (Å²) in [4.78, 5) is 7.52. The summed E-state index contributed by atoms with van der Waals surface area (Å²) in [5.74, 6) is -0.576. The molecule has 23 heavy (non-hydrogen) atoms. The quantitative estimate of drug-likeness (QED) is 0.824. The Kier molecular flexibility index (Phi) is 3.83. The molecule has 1 aliphatic carbocycles. The monoisotopic (exact) mass is 326 g/mol. The van der Waals surface area contributed by atoms with Gasteiger partial charge in [0.25, 0.3) is 0 Å². The predicted octanol–water partition coefficient (Wildman–Crippen LogP) is 4.26. The van der Waals surface area contributed by atoms with Gasteiger partial charge in [0.15, 0.2) is 5.69 Å². The minimum absolute atomic E-state index is 0.0428. The molecule has 0 radical (unpaired) electrons. The molecule has 1 saturated carbocycles. The number of nitrogens with zero attached hydrogens (tertiary/aromatic N) is 2. The van der Waals surface area contributed by atoms with E-state index < -0.39 is 17.7 Å². The Hall–Kier alpha value is -2.38. The van der Waals surface area contributed by atoms with E-state index >= 15 is 0 Å². The van der Waals surface area contributed by atoms with E-state index in [1.807, 2.05) is 0 Å². The van der Waals surface area contributed by atoms with Gasteiger partial charge in [-0.3, -0.25) is 0 Å². The first-order valence-corrected chi connectivity index (χ1v) is 7.07. The van der Waals surface area contributed by atoms with E-state index in [4.69, 9.17) is 0 Å². The van der Waals surface area contributed by atoms with Gasteiger partial charge in [0.1, 0.15) is 11.6 Å². The largest absolute Gasteiger partial charge is 0.433 e. The summed E-state index contributed by atoms with van der Waals surface area (Å²) in [6.07, 6.45) is -2.82. The van der Waals surface area contributed by atoms with E-state index in [2.05, 4.69) is 20.6 Å². The highest BCUT2D eigenvalue weighted by Gasteiger charge is 2.34. The van der Waals surface area contributed by atoms with Crippen LogP contribution in [0.4, 0.5) is 35.0 Å². The van der Waals surface area contributed by atoms with Crippen molar-refractivity contribution in [1.82, 2.24) is 9.97 Å². The molecule has 1 heterocycles. The second kappa shape index (κ2) is 5.68. The third kappa shape index (κ3) is 3.88. The van der Waals surface area contributed by atoms with Gasteiger partial charge in [0.2, 0.25) is 5.95 Å².